The minimum atomic E-state index is 0.130. The lowest BCUT2D eigenvalue weighted by Gasteiger charge is -2.07. The van der Waals surface area contributed by atoms with Crippen molar-refractivity contribution < 1.29 is 5.11 Å². The van der Waals surface area contributed by atoms with Crippen molar-refractivity contribution in [2.75, 3.05) is 0 Å². The van der Waals surface area contributed by atoms with Gasteiger partial charge in [0.1, 0.15) is 5.75 Å². The van der Waals surface area contributed by atoms with Gasteiger partial charge >= 0.3 is 0 Å². The summed E-state index contributed by atoms with van der Waals surface area (Å²) in [7, 11) is 0. The van der Waals surface area contributed by atoms with Crippen LogP contribution in [0, 0.1) is 6.92 Å². The minimum absolute atomic E-state index is 0.130. The third kappa shape index (κ3) is 0.994. The fourth-order valence-corrected chi connectivity index (χ4v) is 1.88. The SMILES string of the molecule is Cc1cc(O)c2c(c1)[C@H](N)CC2. The van der Waals surface area contributed by atoms with Crippen LogP contribution in [-0.2, 0) is 6.42 Å². The number of rotatable bonds is 0. The first-order valence-electron chi connectivity index (χ1n) is 4.26. The molecular formula is C10H13NO. The van der Waals surface area contributed by atoms with Crippen molar-refractivity contribution in [2.24, 2.45) is 5.73 Å². The van der Waals surface area contributed by atoms with E-state index >= 15 is 0 Å². The van der Waals surface area contributed by atoms with E-state index in [2.05, 4.69) is 6.07 Å². The Morgan fingerprint density at radius 2 is 2.25 bits per heavy atom. The van der Waals surface area contributed by atoms with E-state index in [9.17, 15) is 5.11 Å². The number of hydrogen-bond donors (Lipinski definition) is 2. The van der Waals surface area contributed by atoms with Gasteiger partial charge in [-0.25, -0.2) is 0 Å². The highest BCUT2D eigenvalue weighted by atomic mass is 16.3. The second-order valence-electron chi connectivity index (χ2n) is 3.50. The Morgan fingerprint density at radius 3 is 3.00 bits per heavy atom. The van der Waals surface area contributed by atoms with Crippen LogP contribution in [0.5, 0.6) is 5.75 Å². The van der Waals surface area contributed by atoms with E-state index in [1.54, 1.807) is 6.07 Å². The Hall–Kier alpha value is -1.02. The number of aryl methyl sites for hydroxylation is 1. The Kier molecular flexibility index (Phi) is 1.58. The van der Waals surface area contributed by atoms with E-state index in [-0.39, 0.29) is 6.04 Å². The topological polar surface area (TPSA) is 46.2 Å². The zero-order chi connectivity index (χ0) is 8.72. The molecule has 2 nitrogen and oxygen atoms in total. The standard InChI is InChI=1S/C10H13NO/c1-6-4-8-7(10(12)5-6)2-3-9(8)11/h4-5,9,12H,2-3,11H2,1H3/t9-/m1/s1. The Morgan fingerprint density at radius 1 is 1.50 bits per heavy atom. The summed E-state index contributed by atoms with van der Waals surface area (Å²) in [6, 6.07) is 4.01. The van der Waals surface area contributed by atoms with Crippen LogP contribution >= 0.6 is 0 Å². The second kappa shape index (κ2) is 2.49. The van der Waals surface area contributed by atoms with E-state index in [0.29, 0.717) is 5.75 Å². The maximum absolute atomic E-state index is 9.57. The molecule has 0 radical (unpaired) electrons. The summed E-state index contributed by atoms with van der Waals surface area (Å²) in [5, 5.41) is 9.57. The van der Waals surface area contributed by atoms with Crippen molar-refractivity contribution >= 4 is 0 Å². The summed E-state index contributed by atoms with van der Waals surface area (Å²) < 4.78 is 0. The normalized spacial score (nSPS) is 21.0. The molecule has 64 valence electrons. The van der Waals surface area contributed by atoms with Crippen molar-refractivity contribution in [3.05, 3.63) is 28.8 Å². The third-order valence-electron chi connectivity index (χ3n) is 2.51. The number of aromatic hydroxyl groups is 1. The zero-order valence-corrected chi connectivity index (χ0v) is 7.17. The van der Waals surface area contributed by atoms with Crippen molar-refractivity contribution in [1.82, 2.24) is 0 Å². The van der Waals surface area contributed by atoms with Crippen LogP contribution in [0.25, 0.3) is 0 Å². The van der Waals surface area contributed by atoms with Gasteiger partial charge in [-0.2, -0.15) is 0 Å². The molecule has 0 spiro atoms. The first-order valence-corrected chi connectivity index (χ1v) is 4.26. The summed E-state index contributed by atoms with van der Waals surface area (Å²) in [5.74, 6) is 0.415. The number of benzene rings is 1. The molecule has 0 fully saturated rings. The maximum Gasteiger partial charge on any atom is 0.119 e. The monoisotopic (exact) mass is 163 g/mol. The van der Waals surface area contributed by atoms with Crippen LogP contribution in [0.2, 0.25) is 0 Å². The minimum Gasteiger partial charge on any atom is -0.508 e. The molecule has 0 aromatic heterocycles. The van der Waals surface area contributed by atoms with Crippen LogP contribution in [0.3, 0.4) is 0 Å². The zero-order valence-electron chi connectivity index (χ0n) is 7.17. The number of nitrogens with two attached hydrogens (primary N) is 1. The second-order valence-corrected chi connectivity index (χ2v) is 3.50. The van der Waals surface area contributed by atoms with Gasteiger partial charge in [0.05, 0.1) is 0 Å². The molecule has 0 saturated carbocycles. The van der Waals surface area contributed by atoms with Crippen LogP contribution in [0.4, 0.5) is 0 Å². The third-order valence-corrected chi connectivity index (χ3v) is 2.51. The van der Waals surface area contributed by atoms with Gasteiger partial charge in [-0.1, -0.05) is 6.07 Å². The molecule has 12 heavy (non-hydrogen) atoms. The van der Waals surface area contributed by atoms with Gasteiger partial charge in [0, 0.05) is 6.04 Å². The average molecular weight is 163 g/mol. The summed E-state index contributed by atoms with van der Waals surface area (Å²) >= 11 is 0. The van der Waals surface area contributed by atoms with Gasteiger partial charge in [0.25, 0.3) is 0 Å². The van der Waals surface area contributed by atoms with Gasteiger partial charge in [0.2, 0.25) is 0 Å². The molecule has 0 aliphatic heterocycles. The highest BCUT2D eigenvalue weighted by Crippen LogP contribution is 2.35. The van der Waals surface area contributed by atoms with Crippen LogP contribution in [0.1, 0.15) is 29.2 Å². The highest BCUT2D eigenvalue weighted by molar-refractivity contribution is 5.46. The summed E-state index contributed by atoms with van der Waals surface area (Å²) in [6.07, 6.45) is 1.88. The van der Waals surface area contributed by atoms with E-state index in [4.69, 9.17) is 5.73 Å². The molecule has 0 bridgehead atoms. The number of fused-ring (bicyclic) bond motifs is 1. The molecule has 0 saturated heterocycles. The van der Waals surface area contributed by atoms with Crippen molar-refractivity contribution in [1.29, 1.82) is 0 Å². The Balaban J connectivity index is 2.60. The number of phenolic OH excluding ortho intramolecular Hbond substituents is 1. The molecule has 2 heteroatoms. The quantitative estimate of drug-likeness (QED) is 0.610. The molecule has 1 aliphatic rings. The van der Waals surface area contributed by atoms with E-state index in [1.165, 1.54) is 0 Å². The molecule has 2 rings (SSSR count). The van der Waals surface area contributed by atoms with Crippen LogP contribution in [0.15, 0.2) is 12.1 Å². The van der Waals surface area contributed by atoms with Crippen LogP contribution < -0.4 is 5.73 Å². The maximum atomic E-state index is 9.57. The molecule has 0 amide bonds. The first-order chi connectivity index (χ1) is 5.68. The van der Waals surface area contributed by atoms with E-state index < -0.39 is 0 Å². The van der Waals surface area contributed by atoms with E-state index in [1.807, 2.05) is 6.92 Å². The van der Waals surface area contributed by atoms with Crippen molar-refractivity contribution in [3.63, 3.8) is 0 Å². The largest absolute Gasteiger partial charge is 0.508 e. The summed E-state index contributed by atoms with van der Waals surface area (Å²) in [4.78, 5) is 0. The fourth-order valence-electron chi connectivity index (χ4n) is 1.88. The predicted octanol–water partition coefficient (Wildman–Crippen LogP) is 1.65. The smallest absolute Gasteiger partial charge is 0.119 e. The number of hydrogen-bond acceptors (Lipinski definition) is 2. The lowest BCUT2D eigenvalue weighted by atomic mass is 10.0. The van der Waals surface area contributed by atoms with Gasteiger partial charge in [0.15, 0.2) is 0 Å². The molecular weight excluding hydrogens is 150 g/mol. The van der Waals surface area contributed by atoms with Crippen molar-refractivity contribution in [3.8, 4) is 5.75 Å². The van der Waals surface area contributed by atoms with Gasteiger partial charge in [-0.3, -0.25) is 0 Å². The van der Waals surface area contributed by atoms with Gasteiger partial charge in [-0.15, -0.1) is 0 Å². The van der Waals surface area contributed by atoms with E-state index in [0.717, 1.165) is 29.5 Å². The predicted molar refractivity (Wildman–Crippen MR) is 48.1 cm³/mol. The Bertz CT molecular complexity index is 320. The summed E-state index contributed by atoms with van der Waals surface area (Å²) in [6.45, 7) is 1.98. The van der Waals surface area contributed by atoms with Crippen LogP contribution in [-0.4, -0.2) is 5.11 Å². The molecule has 3 N–H and O–H groups in total. The molecule has 1 aromatic rings. The van der Waals surface area contributed by atoms with Gasteiger partial charge in [-0.05, 0) is 42.5 Å². The summed E-state index contributed by atoms with van der Waals surface area (Å²) in [5.41, 5.74) is 9.14. The lowest BCUT2D eigenvalue weighted by Crippen LogP contribution is -2.05. The molecule has 1 aromatic carbocycles. The fraction of sp³-hybridized carbons (Fsp3) is 0.400. The lowest BCUT2D eigenvalue weighted by molar-refractivity contribution is 0.468. The first kappa shape index (κ1) is 7.62. The molecule has 0 unspecified atom stereocenters. The average Bonchev–Trinajstić information content (AvgIpc) is 2.33. The number of phenols is 1. The molecule has 0 heterocycles. The highest BCUT2D eigenvalue weighted by Gasteiger charge is 2.21. The van der Waals surface area contributed by atoms with Crippen molar-refractivity contribution in [2.45, 2.75) is 25.8 Å². The molecule has 1 atom stereocenters. The Labute approximate surface area is 72.0 Å². The van der Waals surface area contributed by atoms with Gasteiger partial charge < -0.3 is 10.8 Å². The molecule has 1 aliphatic carbocycles.